The van der Waals surface area contributed by atoms with E-state index in [2.05, 4.69) is 10.3 Å². The lowest BCUT2D eigenvalue weighted by Gasteiger charge is -2.10. The van der Waals surface area contributed by atoms with Gasteiger partial charge < -0.3 is 10.1 Å². The van der Waals surface area contributed by atoms with E-state index in [1.54, 1.807) is 12.3 Å². The quantitative estimate of drug-likeness (QED) is 0.876. The molecule has 0 saturated carbocycles. The normalized spacial score (nSPS) is 10.6. The first kappa shape index (κ1) is 15.1. The summed E-state index contributed by atoms with van der Waals surface area (Å²) in [4.78, 5) is 4.19. The maximum atomic E-state index is 6.11. The van der Waals surface area contributed by atoms with E-state index in [0.29, 0.717) is 22.5 Å². The zero-order chi connectivity index (χ0) is 14.5. The molecule has 0 radical (unpaired) electrons. The number of hydrogen-bond donors (Lipinski definition) is 1. The predicted molar refractivity (Wildman–Crippen MR) is 82.9 cm³/mol. The number of halogens is 2. The predicted octanol–water partition coefficient (Wildman–Crippen LogP) is 4.60. The van der Waals surface area contributed by atoms with Crippen molar-refractivity contribution in [2.75, 3.05) is 6.54 Å². The highest BCUT2D eigenvalue weighted by molar-refractivity contribution is 6.31. The third kappa shape index (κ3) is 3.85. The number of nitrogens with one attached hydrogen (secondary N) is 1. The molecule has 1 aromatic heterocycles. The van der Waals surface area contributed by atoms with Crippen LogP contribution in [0.3, 0.4) is 0 Å². The average Bonchev–Trinajstić information content (AvgIpc) is 2.42. The monoisotopic (exact) mass is 310 g/mol. The van der Waals surface area contributed by atoms with Gasteiger partial charge in [-0.15, -0.1) is 0 Å². The number of rotatable bonds is 5. The van der Waals surface area contributed by atoms with E-state index in [1.165, 1.54) is 0 Å². The molecule has 106 valence electrons. The molecule has 0 atom stereocenters. The topological polar surface area (TPSA) is 34.1 Å². The molecule has 0 aliphatic heterocycles. The highest BCUT2D eigenvalue weighted by Gasteiger charge is 2.07. The number of benzene rings is 1. The van der Waals surface area contributed by atoms with E-state index in [9.17, 15) is 0 Å². The van der Waals surface area contributed by atoms with Crippen LogP contribution in [-0.2, 0) is 6.54 Å². The highest BCUT2D eigenvalue weighted by atomic mass is 35.5. The summed E-state index contributed by atoms with van der Waals surface area (Å²) in [5.74, 6) is 1.26. The van der Waals surface area contributed by atoms with Crippen LogP contribution in [0.4, 0.5) is 0 Å². The fraction of sp³-hybridized carbons (Fsp3) is 0.267. The molecule has 3 nitrogen and oxygen atoms in total. The Bertz CT molecular complexity index is 602. The number of pyridine rings is 1. The SMILES string of the molecule is CCNCc1cc(Oc2ccc(Cl)cc2C)ncc1Cl. The molecule has 0 spiro atoms. The zero-order valence-corrected chi connectivity index (χ0v) is 12.9. The number of nitrogens with zero attached hydrogens (tertiary/aromatic N) is 1. The van der Waals surface area contributed by atoms with Crippen LogP contribution < -0.4 is 10.1 Å². The van der Waals surface area contributed by atoms with Crippen LogP contribution in [0.25, 0.3) is 0 Å². The smallest absolute Gasteiger partial charge is 0.219 e. The second kappa shape index (κ2) is 6.93. The van der Waals surface area contributed by atoms with Crippen molar-refractivity contribution < 1.29 is 4.74 Å². The largest absolute Gasteiger partial charge is 0.439 e. The van der Waals surface area contributed by atoms with Gasteiger partial charge in [0.25, 0.3) is 0 Å². The van der Waals surface area contributed by atoms with E-state index in [1.807, 2.05) is 32.0 Å². The summed E-state index contributed by atoms with van der Waals surface area (Å²) in [6.07, 6.45) is 1.61. The molecule has 0 aliphatic carbocycles. The van der Waals surface area contributed by atoms with Gasteiger partial charge in [0.1, 0.15) is 5.75 Å². The molecule has 1 N–H and O–H groups in total. The van der Waals surface area contributed by atoms with Crippen molar-refractivity contribution in [3.8, 4) is 11.6 Å². The molecule has 1 aromatic carbocycles. The Labute approximate surface area is 128 Å². The molecule has 5 heteroatoms. The fourth-order valence-corrected chi connectivity index (χ4v) is 2.15. The fourth-order valence-electron chi connectivity index (χ4n) is 1.75. The van der Waals surface area contributed by atoms with Crippen molar-refractivity contribution in [1.29, 1.82) is 0 Å². The number of hydrogen-bond acceptors (Lipinski definition) is 3. The first-order valence-corrected chi connectivity index (χ1v) is 7.15. The minimum atomic E-state index is 0.521. The van der Waals surface area contributed by atoms with E-state index >= 15 is 0 Å². The van der Waals surface area contributed by atoms with Gasteiger partial charge in [0.15, 0.2) is 0 Å². The van der Waals surface area contributed by atoms with Crippen molar-refractivity contribution in [2.24, 2.45) is 0 Å². The van der Waals surface area contributed by atoms with Crippen molar-refractivity contribution in [2.45, 2.75) is 20.4 Å². The van der Waals surface area contributed by atoms with E-state index in [4.69, 9.17) is 27.9 Å². The van der Waals surface area contributed by atoms with Crippen LogP contribution in [0.2, 0.25) is 10.0 Å². The van der Waals surface area contributed by atoms with Gasteiger partial charge in [-0.05, 0) is 42.8 Å². The Morgan fingerprint density at radius 3 is 2.75 bits per heavy atom. The molecule has 1 heterocycles. The molecule has 0 saturated heterocycles. The van der Waals surface area contributed by atoms with E-state index < -0.39 is 0 Å². The van der Waals surface area contributed by atoms with Crippen molar-refractivity contribution in [3.05, 3.63) is 51.6 Å². The van der Waals surface area contributed by atoms with Gasteiger partial charge >= 0.3 is 0 Å². The van der Waals surface area contributed by atoms with Gasteiger partial charge in [-0.25, -0.2) is 4.98 Å². The maximum Gasteiger partial charge on any atom is 0.219 e. The second-order valence-corrected chi connectivity index (χ2v) is 5.25. The van der Waals surface area contributed by atoms with Crippen molar-refractivity contribution in [1.82, 2.24) is 10.3 Å². The van der Waals surface area contributed by atoms with Gasteiger partial charge in [-0.3, -0.25) is 0 Å². The van der Waals surface area contributed by atoms with Gasteiger partial charge in [0, 0.05) is 23.8 Å². The molecule has 0 amide bonds. The van der Waals surface area contributed by atoms with Crippen LogP contribution in [0.15, 0.2) is 30.5 Å². The molecule has 20 heavy (non-hydrogen) atoms. The van der Waals surface area contributed by atoms with Crippen LogP contribution in [0.5, 0.6) is 11.6 Å². The Morgan fingerprint density at radius 2 is 2.05 bits per heavy atom. The van der Waals surface area contributed by atoms with Gasteiger partial charge in [0.05, 0.1) is 5.02 Å². The number of aromatic nitrogens is 1. The summed E-state index contributed by atoms with van der Waals surface area (Å²) in [5, 5.41) is 4.55. The second-order valence-electron chi connectivity index (χ2n) is 4.41. The lowest BCUT2D eigenvalue weighted by atomic mass is 10.2. The van der Waals surface area contributed by atoms with Crippen LogP contribution in [-0.4, -0.2) is 11.5 Å². The summed E-state index contributed by atoms with van der Waals surface area (Å²) in [5.41, 5.74) is 1.92. The van der Waals surface area contributed by atoms with Crippen LogP contribution in [0.1, 0.15) is 18.1 Å². The molecular weight excluding hydrogens is 295 g/mol. The summed E-state index contributed by atoms with van der Waals surface area (Å²) >= 11 is 12.0. The summed E-state index contributed by atoms with van der Waals surface area (Å²) in [6.45, 7) is 5.55. The standard InChI is InChI=1S/C15H16Cl2N2O/c1-3-18-8-11-7-15(19-9-13(11)17)20-14-5-4-12(16)6-10(14)2/h4-7,9,18H,3,8H2,1-2H3. The molecule has 0 aliphatic rings. The van der Waals surface area contributed by atoms with E-state index in [-0.39, 0.29) is 0 Å². The Balaban J connectivity index is 2.20. The maximum absolute atomic E-state index is 6.11. The first-order chi connectivity index (χ1) is 9.60. The van der Waals surface area contributed by atoms with Crippen LogP contribution >= 0.6 is 23.2 Å². The molecule has 2 rings (SSSR count). The number of ether oxygens (including phenoxy) is 1. The minimum Gasteiger partial charge on any atom is -0.439 e. The lowest BCUT2D eigenvalue weighted by Crippen LogP contribution is -2.12. The molecule has 0 bridgehead atoms. The Morgan fingerprint density at radius 1 is 1.25 bits per heavy atom. The van der Waals surface area contributed by atoms with Gasteiger partial charge in [0.2, 0.25) is 5.88 Å². The minimum absolute atomic E-state index is 0.521. The third-order valence-corrected chi connectivity index (χ3v) is 3.40. The zero-order valence-electron chi connectivity index (χ0n) is 11.4. The molecular formula is C15H16Cl2N2O. The summed E-state index contributed by atoms with van der Waals surface area (Å²) in [7, 11) is 0. The highest BCUT2D eigenvalue weighted by Crippen LogP contribution is 2.28. The van der Waals surface area contributed by atoms with Crippen molar-refractivity contribution >= 4 is 23.2 Å². The van der Waals surface area contributed by atoms with Crippen molar-refractivity contribution in [3.63, 3.8) is 0 Å². The van der Waals surface area contributed by atoms with Crippen LogP contribution in [0, 0.1) is 6.92 Å². The average molecular weight is 311 g/mol. The molecule has 0 fully saturated rings. The van der Waals surface area contributed by atoms with Gasteiger partial charge in [-0.1, -0.05) is 30.1 Å². The first-order valence-electron chi connectivity index (χ1n) is 6.39. The lowest BCUT2D eigenvalue weighted by molar-refractivity contribution is 0.458. The Hall–Kier alpha value is -1.29. The molecule has 0 unspecified atom stereocenters. The Kier molecular flexibility index (Phi) is 5.24. The summed E-state index contributed by atoms with van der Waals surface area (Å²) < 4.78 is 5.78. The molecule has 2 aromatic rings. The van der Waals surface area contributed by atoms with Gasteiger partial charge in [-0.2, -0.15) is 0 Å². The third-order valence-electron chi connectivity index (χ3n) is 2.83. The summed E-state index contributed by atoms with van der Waals surface area (Å²) in [6, 6.07) is 7.32. The van der Waals surface area contributed by atoms with E-state index in [0.717, 1.165) is 23.4 Å². The number of aryl methyl sites for hydroxylation is 1.